The van der Waals surface area contributed by atoms with Crippen molar-refractivity contribution < 1.29 is 4.79 Å². The van der Waals surface area contributed by atoms with Crippen LogP contribution in [0.2, 0.25) is 0 Å². The SMILES string of the molecule is CC1CCN(C(=O)c2csc(-c3ccsc3)n2)c2ccccc21. The fraction of sp³-hybridized carbons (Fsp3) is 0.222. The van der Waals surface area contributed by atoms with Crippen LogP contribution in [-0.4, -0.2) is 17.4 Å². The Hall–Kier alpha value is -1.98. The topological polar surface area (TPSA) is 33.2 Å². The van der Waals surface area contributed by atoms with Crippen molar-refractivity contribution in [2.45, 2.75) is 19.3 Å². The van der Waals surface area contributed by atoms with Crippen LogP contribution in [0.1, 0.15) is 35.3 Å². The Labute approximate surface area is 143 Å². The predicted octanol–water partition coefficient (Wildman–Crippen LogP) is 5.03. The van der Waals surface area contributed by atoms with Crippen LogP contribution in [0.4, 0.5) is 5.69 Å². The first-order chi connectivity index (χ1) is 11.2. The Morgan fingerprint density at radius 3 is 2.96 bits per heavy atom. The molecular weight excluding hydrogens is 324 g/mol. The molecule has 1 aliphatic heterocycles. The number of para-hydroxylation sites is 1. The molecule has 1 aromatic carbocycles. The van der Waals surface area contributed by atoms with E-state index in [0.29, 0.717) is 11.6 Å². The van der Waals surface area contributed by atoms with Crippen molar-refractivity contribution >= 4 is 34.3 Å². The van der Waals surface area contributed by atoms with Gasteiger partial charge in [0.25, 0.3) is 5.91 Å². The van der Waals surface area contributed by atoms with E-state index in [-0.39, 0.29) is 5.91 Å². The number of hydrogen-bond donors (Lipinski definition) is 0. The number of aromatic nitrogens is 1. The molecule has 0 fully saturated rings. The normalized spacial score (nSPS) is 17.1. The molecule has 1 aliphatic rings. The van der Waals surface area contributed by atoms with Gasteiger partial charge < -0.3 is 4.90 Å². The zero-order valence-electron chi connectivity index (χ0n) is 12.7. The van der Waals surface area contributed by atoms with E-state index in [1.54, 1.807) is 11.3 Å². The third kappa shape index (κ3) is 2.60. The minimum Gasteiger partial charge on any atom is -0.307 e. The van der Waals surface area contributed by atoms with Gasteiger partial charge in [-0.15, -0.1) is 11.3 Å². The Bertz CT molecular complexity index is 838. The molecule has 0 saturated carbocycles. The van der Waals surface area contributed by atoms with Crippen LogP contribution in [0.15, 0.2) is 46.5 Å². The fourth-order valence-corrected chi connectivity index (χ4v) is 4.49. The molecule has 0 radical (unpaired) electrons. The molecule has 1 unspecified atom stereocenters. The molecule has 23 heavy (non-hydrogen) atoms. The second-order valence-electron chi connectivity index (χ2n) is 5.76. The van der Waals surface area contributed by atoms with E-state index < -0.39 is 0 Å². The molecule has 2 aromatic heterocycles. The zero-order valence-corrected chi connectivity index (χ0v) is 14.4. The van der Waals surface area contributed by atoms with Gasteiger partial charge in [0, 0.05) is 28.6 Å². The lowest BCUT2D eigenvalue weighted by molar-refractivity contribution is 0.0980. The number of carbonyl (C=O) groups excluding carboxylic acids is 1. The van der Waals surface area contributed by atoms with Crippen molar-refractivity contribution in [1.82, 2.24) is 4.98 Å². The number of carbonyl (C=O) groups is 1. The summed E-state index contributed by atoms with van der Waals surface area (Å²) >= 11 is 3.17. The maximum atomic E-state index is 12.9. The fourth-order valence-electron chi connectivity index (χ4n) is 2.99. The van der Waals surface area contributed by atoms with Crippen LogP contribution in [-0.2, 0) is 0 Å². The Morgan fingerprint density at radius 1 is 1.26 bits per heavy atom. The second kappa shape index (κ2) is 5.91. The average molecular weight is 340 g/mol. The van der Waals surface area contributed by atoms with Crippen LogP contribution >= 0.6 is 22.7 Å². The van der Waals surface area contributed by atoms with Crippen LogP contribution < -0.4 is 4.90 Å². The van der Waals surface area contributed by atoms with Gasteiger partial charge in [-0.1, -0.05) is 25.1 Å². The summed E-state index contributed by atoms with van der Waals surface area (Å²) in [7, 11) is 0. The lowest BCUT2D eigenvalue weighted by Crippen LogP contribution is -2.36. The first-order valence-electron chi connectivity index (χ1n) is 7.63. The summed E-state index contributed by atoms with van der Waals surface area (Å²) in [6, 6.07) is 10.2. The Kier molecular flexibility index (Phi) is 3.75. The van der Waals surface area contributed by atoms with Crippen LogP contribution in [0, 0.1) is 0 Å². The number of anilines is 1. The third-order valence-electron chi connectivity index (χ3n) is 4.28. The van der Waals surface area contributed by atoms with E-state index >= 15 is 0 Å². The van der Waals surface area contributed by atoms with Gasteiger partial charge in [0.2, 0.25) is 0 Å². The molecular formula is C18H16N2OS2. The highest BCUT2D eigenvalue weighted by atomic mass is 32.1. The number of amides is 1. The highest BCUT2D eigenvalue weighted by molar-refractivity contribution is 7.14. The molecule has 1 atom stereocenters. The highest BCUT2D eigenvalue weighted by Gasteiger charge is 2.28. The highest BCUT2D eigenvalue weighted by Crippen LogP contribution is 2.36. The monoisotopic (exact) mass is 340 g/mol. The summed E-state index contributed by atoms with van der Waals surface area (Å²) in [5, 5.41) is 6.87. The number of benzene rings is 1. The van der Waals surface area contributed by atoms with Gasteiger partial charge in [0.15, 0.2) is 0 Å². The minimum absolute atomic E-state index is 0.00193. The van der Waals surface area contributed by atoms with E-state index in [1.807, 2.05) is 39.9 Å². The summed E-state index contributed by atoms with van der Waals surface area (Å²) in [6.45, 7) is 2.97. The van der Waals surface area contributed by atoms with E-state index in [4.69, 9.17) is 0 Å². The number of rotatable bonds is 2. The molecule has 3 heterocycles. The molecule has 5 heteroatoms. The van der Waals surface area contributed by atoms with Crippen molar-refractivity contribution in [3.05, 3.63) is 57.7 Å². The molecule has 0 aliphatic carbocycles. The van der Waals surface area contributed by atoms with Gasteiger partial charge in [0.05, 0.1) is 0 Å². The van der Waals surface area contributed by atoms with Crippen molar-refractivity contribution in [3.8, 4) is 10.6 Å². The molecule has 3 nitrogen and oxygen atoms in total. The standard InChI is InChI=1S/C18H16N2OS2/c1-12-6-8-20(16-5-3-2-4-14(12)16)18(21)15-11-23-17(19-15)13-7-9-22-10-13/h2-5,7,9-12H,6,8H2,1H3. The number of thiazole rings is 1. The number of fused-ring (bicyclic) bond motifs is 1. The smallest absolute Gasteiger partial charge is 0.277 e. The summed E-state index contributed by atoms with van der Waals surface area (Å²) in [4.78, 5) is 19.4. The first-order valence-corrected chi connectivity index (χ1v) is 9.45. The molecule has 3 aromatic rings. The van der Waals surface area contributed by atoms with Crippen molar-refractivity contribution in [1.29, 1.82) is 0 Å². The summed E-state index contributed by atoms with van der Waals surface area (Å²) in [5.74, 6) is 0.495. The van der Waals surface area contributed by atoms with Gasteiger partial charge in [-0.05, 0) is 35.4 Å². The van der Waals surface area contributed by atoms with Crippen LogP contribution in [0.25, 0.3) is 10.6 Å². The Morgan fingerprint density at radius 2 is 2.13 bits per heavy atom. The van der Waals surface area contributed by atoms with Gasteiger partial charge in [-0.2, -0.15) is 11.3 Å². The molecule has 1 amide bonds. The molecule has 0 spiro atoms. The number of nitrogens with zero attached hydrogens (tertiary/aromatic N) is 2. The molecule has 4 rings (SSSR count). The molecule has 116 valence electrons. The second-order valence-corrected chi connectivity index (χ2v) is 7.39. The maximum Gasteiger partial charge on any atom is 0.277 e. The van der Waals surface area contributed by atoms with E-state index in [1.165, 1.54) is 16.9 Å². The summed E-state index contributed by atoms with van der Waals surface area (Å²) in [5.41, 5.74) is 3.91. The third-order valence-corrected chi connectivity index (χ3v) is 5.86. The van der Waals surface area contributed by atoms with Gasteiger partial charge >= 0.3 is 0 Å². The van der Waals surface area contributed by atoms with E-state index in [2.05, 4.69) is 23.4 Å². The van der Waals surface area contributed by atoms with E-state index in [9.17, 15) is 4.79 Å². The summed E-state index contributed by atoms with van der Waals surface area (Å²) < 4.78 is 0. The van der Waals surface area contributed by atoms with E-state index in [0.717, 1.165) is 29.2 Å². The number of thiophene rings is 1. The Balaban J connectivity index is 1.67. The van der Waals surface area contributed by atoms with Crippen molar-refractivity contribution in [2.24, 2.45) is 0 Å². The minimum atomic E-state index is 0.00193. The number of hydrogen-bond acceptors (Lipinski definition) is 4. The molecule has 0 saturated heterocycles. The zero-order chi connectivity index (χ0) is 15.8. The van der Waals surface area contributed by atoms with Gasteiger partial charge in [-0.3, -0.25) is 4.79 Å². The summed E-state index contributed by atoms with van der Waals surface area (Å²) in [6.07, 6.45) is 0.990. The molecule has 0 N–H and O–H groups in total. The predicted molar refractivity (Wildman–Crippen MR) is 96.6 cm³/mol. The van der Waals surface area contributed by atoms with Crippen molar-refractivity contribution in [2.75, 3.05) is 11.4 Å². The van der Waals surface area contributed by atoms with Crippen molar-refractivity contribution in [3.63, 3.8) is 0 Å². The quantitative estimate of drug-likeness (QED) is 0.656. The molecule has 0 bridgehead atoms. The lowest BCUT2D eigenvalue weighted by Gasteiger charge is -2.32. The largest absolute Gasteiger partial charge is 0.307 e. The van der Waals surface area contributed by atoms with Crippen LogP contribution in [0.5, 0.6) is 0 Å². The maximum absolute atomic E-state index is 12.9. The first kappa shape index (κ1) is 14.6. The average Bonchev–Trinajstić information content (AvgIpc) is 3.26. The van der Waals surface area contributed by atoms with Gasteiger partial charge in [0.1, 0.15) is 10.7 Å². The van der Waals surface area contributed by atoms with Gasteiger partial charge in [-0.25, -0.2) is 4.98 Å². The van der Waals surface area contributed by atoms with Crippen LogP contribution in [0.3, 0.4) is 0 Å². The lowest BCUT2D eigenvalue weighted by atomic mass is 9.91.